The summed E-state index contributed by atoms with van der Waals surface area (Å²) in [5.74, 6) is -1.13. The molecule has 3 rings (SSSR count). The number of carbonyl (C=O) groups is 2. The molecule has 5 heteroatoms. The van der Waals surface area contributed by atoms with E-state index in [0.29, 0.717) is 18.5 Å². The Morgan fingerprint density at radius 3 is 2.42 bits per heavy atom. The number of rotatable bonds is 5. The van der Waals surface area contributed by atoms with Crippen molar-refractivity contribution in [2.24, 2.45) is 5.41 Å². The van der Waals surface area contributed by atoms with Crippen LogP contribution in [0.3, 0.4) is 0 Å². The number of halogens is 1. The first-order chi connectivity index (χ1) is 11.5. The minimum absolute atomic E-state index is 0.308. The van der Waals surface area contributed by atoms with Crippen LogP contribution in [0.5, 0.6) is 0 Å². The van der Waals surface area contributed by atoms with E-state index in [1.807, 2.05) is 31.2 Å². The molecule has 24 heavy (non-hydrogen) atoms. The fraction of sp³-hybridized carbons (Fsp3) is 0.263. The van der Waals surface area contributed by atoms with Crippen LogP contribution in [0.2, 0.25) is 0 Å². The maximum absolute atomic E-state index is 13.2. The molecule has 0 aliphatic heterocycles. The molecule has 0 saturated heterocycles. The van der Waals surface area contributed by atoms with Gasteiger partial charge in [-0.15, -0.1) is 0 Å². The molecule has 4 nitrogen and oxygen atoms in total. The highest BCUT2D eigenvalue weighted by Crippen LogP contribution is 2.47. The Bertz CT molecular complexity index is 784. The average molecular weight is 326 g/mol. The summed E-state index contributed by atoms with van der Waals surface area (Å²) in [4.78, 5) is 25.1. The third kappa shape index (κ3) is 3.15. The lowest BCUT2D eigenvalue weighted by molar-refractivity contribution is -0.131. The Morgan fingerprint density at radius 2 is 1.75 bits per heavy atom. The Hall–Kier alpha value is -2.69. The highest BCUT2D eigenvalue weighted by Gasteiger charge is 2.56. The second kappa shape index (κ2) is 6.43. The topological polar surface area (TPSA) is 58.2 Å². The predicted octanol–water partition coefficient (Wildman–Crippen LogP) is 3.75. The summed E-state index contributed by atoms with van der Waals surface area (Å²) in [6, 6.07) is 13.2. The lowest BCUT2D eigenvalue weighted by atomic mass is 10.0. The molecule has 0 radical (unpaired) electrons. The SMILES string of the molecule is CCc1ccccc1NC(=O)C1(C(=O)Nc2cccc(F)c2)CC1. The molecule has 1 saturated carbocycles. The molecule has 0 atom stereocenters. The molecular formula is C19H19FN2O2. The van der Waals surface area contributed by atoms with Gasteiger partial charge in [0.15, 0.2) is 0 Å². The van der Waals surface area contributed by atoms with Crippen LogP contribution in [0, 0.1) is 11.2 Å². The molecule has 0 unspecified atom stereocenters. The van der Waals surface area contributed by atoms with Gasteiger partial charge < -0.3 is 10.6 Å². The van der Waals surface area contributed by atoms with Gasteiger partial charge in [-0.25, -0.2) is 4.39 Å². The molecule has 124 valence electrons. The first kappa shape index (κ1) is 16.2. The lowest BCUT2D eigenvalue weighted by Gasteiger charge is -2.17. The summed E-state index contributed by atoms with van der Waals surface area (Å²) in [6.45, 7) is 2.01. The van der Waals surface area contributed by atoms with E-state index >= 15 is 0 Å². The number of nitrogens with one attached hydrogen (secondary N) is 2. The summed E-state index contributed by atoms with van der Waals surface area (Å²) >= 11 is 0. The number of amides is 2. The highest BCUT2D eigenvalue weighted by atomic mass is 19.1. The third-order valence-electron chi connectivity index (χ3n) is 4.35. The molecule has 2 aromatic rings. The van der Waals surface area contributed by atoms with Crippen molar-refractivity contribution >= 4 is 23.2 Å². The average Bonchev–Trinajstić information content (AvgIpc) is 3.37. The second-order valence-corrected chi connectivity index (χ2v) is 6.01. The van der Waals surface area contributed by atoms with Crippen molar-refractivity contribution in [2.45, 2.75) is 26.2 Å². The van der Waals surface area contributed by atoms with Crippen LogP contribution in [-0.4, -0.2) is 11.8 Å². The molecule has 2 aromatic carbocycles. The Balaban J connectivity index is 1.73. The van der Waals surface area contributed by atoms with E-state index in [-0.39, 0.29) is 11.8 Å². The van der Waals surface area contributed by atoms with E-state index < -0.39 is 11.2 Å². The molecule has 1 fully saturated rings. The van der Waals surface area contributed by atoms with Crippen molar-refractivity contribution in [3.63, 3.8) is 0 Å². The lowest BCUT2D eigenvalue weighted by Crippen LogP contribution is -2.35. The Morgan fingerprint density at radius 1 is 1.04 bits per heavy atom. The van der Waals surface area contributed by atoms with Crippen molar-refractivity contribution in [2.75, 3.05) is 10.6 Å². The molecule has 1 aliphatic carbocycles. The second-order valence-electron chi connectivity index (χ2n) is 6.01. The number of hydrogen-bond acceptors (Lipinski definition) is 2. The summed E-state index contributed by atoms with van der Waals surface area (Å²) in [6.07, 6.45) is 1.78. The molecule has 0 bridgehead atoms. The van der Waals surface area contributed by atoms with Crippen molar-refractivity contribution in [1.29, 1.82) is 0 Å². The summed E-state index contributed by atoms with van der Waals surface area (Å²) in [5.41, 5.74) is 1.04. The molecule has 2 N–H and O–H groups in total. The van der Waals surface area contributed by atoms with Gasteiger partial charge in [0.05, 0.1) is 0 Å². The normalized spacial score (nSPS) is 14.8. The van der Waals surface area contributed by atoms with Gasteiger partial charge in [0, 0.05) is 11.4 Å². The number of para-hydroxylation sites is 1. The minimum Gasteiger partial charge on any atom is -0.325 e. The fourth-order valence-electron chi connectivity index (χ4n) is 2.69. The number of hydrogen-bond donors (Lipinski definition) is 2. The number of carbonyl (C=O) groups excluding carboxylic acids is 2. The monoisotopic (exact) mass is 326 g/mol. The largest absolute Gasteiger partial charge is 0.325 e. The van der Waals surface area contributed by atoms with E-state index in [4.69, 9.17) is 0 Å². The molecule has 0 spiro atoms. The van der Waals surface area contributed by atoms with Gasteiger partial charge in [0.2, 0.25) is 11.8 Å². The van der Waals surface area contributed by atoms with Crippen molar-refractivity contribution in [1.82, 2.24) is 0 Å². The van der Waals surface area contributed by atoms with Crippen LogP contribution in [-0.2, 0) is 16.0 Å². The van der Waals surface area contributed by atoms with Crippen LogP contribution >= 0.6 is 0 Å². The zero-order valence-corrected chi connectivity index (χ0v) is 13.4. The number of aryl methyl sites for hydroxylation is 1. The summed E-state index contributed by atoms with van der Waals surface area (Å²) in [5, 5.41) is 5.51. The van der Waals surface area contributed by atoms with E-state index in [1.54, 1.807) is 6.07 Å². The number of benzene rings is 2. The summed E-state index contributed by atoms with van der Waals surface area (Å²) in [7, 11) is 0. The fourth-order valence-corrected chi connectivity index (χ4v) is 2.69. The summed E-state index contributed by atoms with van der Waals surface area (Å²) < 4.78 is 13.2. The molecular weight excluding hydrogens is 307 g/mol. The first-order valence-electron chi connectivity index (χ1n) is 8.01. The van der Waals surface area contributed by atoms with Gasteiger partial charge in [-0.2, -0.15) is 0 Å². The van der Waals surface area contributed by atoms with Crippen LogP contribution in [0.4, 0.5) is 15.8 Å². The van der Waals surface area contributed by atoms with Gasteiger partial charge in [-0.3, -0.25) is 9.59 Å². The standard InChI is InChI=1S/C19H19FN2O2/c1-2-13-6-3-4-9-16(13)22-18(24)19(10-11-19)17(23)21-15-8-5-7-14(20)12-15/h3-9,12H,2,10-11H2,1H3,(H,21,23)(H,22,24). The van der Waals surface area contributed by atoms with Crippen LogP contribution in [0.15, 0.2) is 48.5 Å². The number of anilines is 2. The third-order valence-corrected chi connectivity index (χ3v) is 4.35. The van der Waals surface area contributed by atoms with E-state index in [2.05, 4.69) is 10.6 Å². The maximum Gasteiger partial charge on any atom is 0.240 e. The van der Waals surface area contributed by atoms with Crippen molar-refractivity contribution < 1.29 is 14.0 Å². The molecule has 1 aliphatic rings. The van der Waals surface area contributed by atoms with Crippen molar-refractivity contribution in [3.05, 3.63) is 59.9 Å². The van der Waals surface area contributed by atoms with Crippen LogP contribution in [0.25, 0.3) is 0 Å². The van der Waals surface area contributed by atoms with E-state index in [9.17, 15) is 14.0 Å². The van der Waals surface area contributed by atoms with Crippen LogP contribution < -0.4 is 10.6 Å². The van der Waals surface area contributed by atoms with E-state index in [0.717, 1.165) is 17.7 Å². The van der Waals surface area contributed by atoms with Gasteiger partial charge in [-0.05, 0) is 49.1 Å². The minimum atomic E-state index is -1.06. The quantitative estimate of drug-likeness (QED) is 0.822. The van der Waals surface area contributed by atoms with Gasteiger partial charge in [-0.1, -0.05) is 31.2 Å². The zero-order valence-electron chi connectivity index (χ0n) is 13.4. The van der Waals surface area contributed by atoms with Crippen molar-refractivity contribution in [3.8, 4) is 0 Å². The molecule has 2 amide bonds. The molecule has 0 aromatic heterocycles. The first-order valence-corrected chi connectivity index (χ1v) is 8.01. The maximum atomic E-state index is 13.2. The highest BCUT2D eigenvalue weighted by molar-refractivity contribution is 6.17. The van der Waals surface area contributed by atoms with Crippen LogP contribution in [0.1, 0.15) is 25.3 Å². The Kier molecular flexibility index (Phi) is 4.34. The van der Waals surface area contributed by atoms with Gasteiger partial charge in [0.1, 0.15) is 11.2 Å². The predicted molar refractivity (Wildman–Crippen MR) is 91.1 cm³/mol. The van der Waals surface area contributed by atoms with Gasteiger partial charge >= 0.3 is 0 Å². The van der Waals surface area contributed by atoms with E-state index in [1.165, 1.54) is 18.2 Å². The molecule has 0 heterocycles. The smallest absolute Gasteiger partial charge is 0.240 e. The van der Waals surface area contributed by atoms with Gasteiger partial charge in [0.25, 0.3) is 0 Å². The Labute approximate surface area is 140 Å². The zero-order chi connectivity index (χ0) is 17.2.